The Morgan fingerprint density at radius 2 is 1.63 bits per heavy atom. The molecule has 3 aliphatic rings. The number of carbonyl (C=O) groups is 1. The summed E-state index contributed by atoms with van der Waals surface area (Å²) in [5, 5.41) is 3.92. The van der Waals surface area contributed by atoms with E-state index in [9.17, 15) is 4.79 Å². The van der Waals surface area contributed by atoms with E-state index in [4.69, 9.17) is 11.6 Å². The van der Waals surface area contributed by atoms with Gasteiger partial charge in [-0.05, 0) is 61.4 Å². The van der Waals surface area contributed by atoms with Gasteiger partial charge < -0.3 is 10.2 Å². The van der Waals surface area contributed by atoms with Crippen LogP contribution in [-0.2, 0) is 4.79 Å². The number of hydrogen-bond acceptors (Lipinski definition) is 3. The van der Waals surface area contributed by atoms with Gasteiger partial charge in [0.15, 0.2) is 0 Å². The highest BCUT2D eigenvalue weighted by molar-refractivity contribution is 6.30. The lowest BCUT2D eigenvalue weighted by molar-refractivity contribution is -0.125. The zero-order valence-corrected chi connectivity index (χ0v) is 18.2. The fourth-order valence-electron chi connectivity index (χ4n) is 5.91. The zero-order chi connectivity index (χ0) is 20.6. The van der Waals surface area contributed by atoms with Crippen LogP contribution < -0.4 is 10.2 Å². The van der Waals surface area contributed by atoms with Gasteiger partial charge in [-0.1, -0.05) is 54.8 Å². The summed E-state index contributed by atoms with van der Waals surface area (Å²) in [6.45, 7) is 2.57. The molecule has 1 spiro atoms. The number of nitrogens with zero attached hydrogens (tertiary/aromatic N) is 2. The molecule has 1 amide bonds. The Kier molecular flexibility index (Phi) is 5.46. The molecule has 0 aromatic heterocycles. The molecular weight excluding hydrogens is 394 g/mol. The van der Waals surface area contributed by atoms with Crippen LogP contribution in [0.2, 0.25) is 5.02 Å². The van der Waals surface area contributed by atoms with Gasteiger partial charge in [0.1, 0.15) is 5.54 Å². The van der Waals surface area contributed by atoms with Gasteiger partial charge in [0.25, 0.3) is 0 Å². The predicted molar refractivity (Wildman–Crippen MR) is 122 cm³/mol. The molecule has 3 fully saturated rings. The van der Waals surface area contributed by atoms with Gasteiger partial charge in [-0.2, -0.15) is 0 Å². The minimum absolute atomic E-state index is 0.198. The standard InChI is InChI=1S/C25H30ClN3O/c26-20-12-10-19(11-13-20)22-8-4-5-9-23(22)28-16-14-25(15-17-28)24(30)27-18-29(25)21-6-2-1-3-7-21/h1-3,6-7,10-13,22-23H,4-5,8-9,14-18H2,(H,27,30)/t22-,23-/m1/s1. The van der Waals surface area contributed by atoms with E-state index in [1.165, 1.54) is 31.2 Å². The number of piperidine rings is 1. The van der Waals surface area contributed by atoms with Gasteiger partial charge in [-0.25, -0.2) is 0 Å². The lowest BCUT2D eigenvalue weighted by Crippen LogP contribution is -2.58. The normalized spacial score (nSPS) is 26.7. The number of amides is 1. The molecule has 0 bridgehead atoms. The van der Waals surface area contributed by atoms with Crippen LogP contribution in [-0.4, -0.2) is 42.1 Å². The van der Waals surface area contributed by atoms with Crippen molar-refractivity contribution in [3.05, 3.63) is 65.2 Å². The van der Waals surface area contributed by atoms with Gasteiger partial charge in [-0.3, -0.25) is 9.69 Å². The molecule has 0 unspecified atom stereocenters. The molecule has 2 heterocycles. The van der Waals surface area contributed by atoms with Crippen molar-refractivity contribution in [3.8, 4) is 0 Å². The van der Waals surface area contributed by atoms with Crippen molar-refractivity contribution in [2.45, 2.75) is 56.0 Å². The molecule has 5 heteroatoms. The number of nitrogens with one attached hydrogen (secondary N) is 1. The number of halogens is 1. The van der Waals surface area contributed by atoms with Gasteiger partial charge in [-0.15, -0.1) is 0 Å². The fraction of sp³-hybridized carbons (Fsp3) is 0.480. The summed E-state index contributed by atoms with van der Waals surface area (Å²) >= 11 is 6.13. The Labute approximate surface area is 184 Å². The molecule has 0 radical (unpaired) electrons. The fourth-order valence-corrected chi connectivity index (χ4v) is 6.03. The Morgan fingerprint density at radius 1 is 0.933 bits per heavy atom. The van der Waals surface area contributed by atoms with Crippen LogP contribution in [0.3, 0.4) is 0 Å². The summed E-state index contributed by atoms with van der Waals surface area (Å²) < 4.78 is 0. The number of carbonyl (C=O) groups excluding carboxylic acids is 1. The maximum Gasteiger partial charge on any atom is 0.247 e. The lowest BCUT2D eigenvalue weighted by atomic mass is 9.77. The van der Waals surface area contributed by atoms with Crippen LogP contribution in [0.25, 0.3) is 0 Å². The van der Waals surface area contributed by atoms with Gasteiger partial charge >= 0.3 is 0 Å². The van der Waals surface area contributed by atoms with Crippen molar-refractivity contribution in [2.75, 3.05) is 24.7 Å². The number of benzene rings is 2. The molecule has 2 atom stereocenters. The molecule has 30 heavy (non-hydrogen) atoms. The summed E-state index contributed by atoms with van der Waals surface area (Å²) in [5.74, 6) is 0.761. The first-order valence-corrected chi connectivity index (χ1v) is 11.7. The van der Waals surface area contributed by atoms with E-state index < -0.39 is 5.54 Å². The molecule has 4 nitrogen and oxygen atoms in total. The second-order valence-electron chi connectivity index (χ2n) is 9.00. The van der Waals surface area contributed by atoms with Crippen LogP contribution >= 0.6 is 11.6 Å². The number of para-hydroxylation sites is 1. The summed E-state index contributed by atoms with van der Waals surface area (Å²) in [4.78, 5) is 17.9. The van der Waals surface area contributed by atoms with E-state index in [2.05, 4.69) is 51.5 Å². The topological polar surface area (TPSA) is 35.6 Å². The second kappa shape index (κ2) is 8.24. The zero-order valence-electron chi connectivity index (χ0n) is 17.4. The lowest BCUT2D eigenvalue weighted by Gasteiger charge is -2.48. The largest absolute Gasteiger partial charge is 0.339 e. The molecule has 158 valence electrons. The third kappa shape index (κ3) is 3.50. The number of hydrogen-bond donors (Lipinski definition) is 1. The highest BCUT2D eigenvalue weighted by Gasteiger charge is 2.51. The summed E-state index contributed by atoms with van der Waals surface area (Å²) in [6, 6.07) is 19.4. The van der Waals surface area contributed by atoms with E-state index in [0.717, 1.165) is 36.6 Å². The van der Waals surface area contributed by atoms with Gasteiger partial charge in [0.2, 0.25) is 5.91 Å². The highest BCUT2D eigenvalue weighted by Crippen LogP contribution is 2.41. The van der Waals surface area contributed by atoms with E-state index in [0.29, 0.717) is 18.6 Å². The Balaban J connectivity index is 1.34. The highest BCUT2D eigenvalue weighted by atomic mass is 35.5. The summed E-state index contributed by atoms with van der Waals surface area (Å²) in [5.41, 5.74) is 2.15. The number of likely N-dealkylation sites (tertiary alicyclic amines) is 1. The maximum atomic E-state index is 13.0. The predicted octanol–water partition coefficient (Wildman–Crippen LogP) is 4.79. The first-order chi connectivity index (χ1) is 14.7. The first-order valence-electron chi connectivity index (χ1n) is 11.3. The molecule has 1 aliphatic carbocycles. The van der Waals surface area contributed by atoms with Crippen molar-refractivity contribution >= 4 is 23.2 Å². The quantitative estimate of drug-likeness (QED) is 0.770. The van der Waals surface area contributed by atoms with Crippen LogP contribution in [0.15, 0.2) is 54.6 Å². The average molecular weight is 424 g/mol. The Morgan fingerprint density at radius 3 is 2.37 bits per heavy atom. The third-order valence-electron chi connectivity index (χ3n) is 7.53. The van der Waals surface area contributed by atoms with Crippen molar-refractivity contribution in [3.63, 3.8) is 0 Å². The maximum absolute atomic E-state index is 13.0. The van der Waals surface area contributed by atoms with Crippen molar-refractivity contribution in [2.24, 2.45) is 0 Å². The minimum Gasteiger partial charge on any atom is -0.339 e. The molecule has 2 aromatic carbocycles. The van der Waals surface area contributed by atoms with Crippen LogP contribution in [0.5, 0.6) is 0 Å². The first kappa shape index (κ1) is 19.9. The second-order valence-corrected chi connectivity index (χ2v) is 9.44. The van der Waals surface area contributed by atoms with Crippen molar-refractivity contribution in [1.82, 2.24) is 10.2 Å². The molecule has 1 N–H and O–H groups in total. The van der Waals surface area contributed by atoms with Crippen LogP contribution in [0, 0.1) is 0 Å². The van der Waals surface area contributed by atoms with E-state index in [1.54, 1.807) is 0 Å². The summed E-state index contributed by atoms with van der Waals surface area (Å²) in [7, 11) is 0. The van der Waals surface area contributed by atoms with E-state index in [-0.39, 0.29) is 5.91 Å². The molecule has 2 saturated heterocycles. The van der Waals surface area contributed by atoms with E-state index in [1.807, 2.05) is 18.2 Å². The van der Waals surface area contributed by atoms with Gasteiger partial charge in [0.05, 0.1) is 6.67 Å². The summed E-state index contributed by atoms with van der Waals surface area (Å²) in [6.07, 6.45) is 6.85. The molecule has 1 saturated carbocycles. The molecule has 2 aliphatic heterocycles. The monoisotopic (exact) mass is 423 g/mol. The number of anilines is 1. The average Bonchev–Trinajstić information content (AvgIpc) is 3.11. The Bertz CT molecular complexity index is 877. The van der Waals surface area contributed by atoms with Gasteiger partial charge in [0, 0.05) is 29.8 Å². The van der Waals surface area contributed by atoms with E-state index >= 15 is 0 Å². The third-order valence-corrected chi connectivity index (χ3v) is 7.78. The van der Waals surface area contributed by atoms with Crippen LogP contribution in [0.1, 0.15) is 50.0 Å². The van der Waals surface area contributed by atoms with Crippen LogP contribution in [0.4, 0.5) is 5.69 Å². The molecule has 2 aromatic rings. The smallest absolute Gasteiger partial charge is 0.247 e. The van der Waals surface area contributed by atoms with Crippen molar-refractivity contribution in [1.29, 1.82) is 0 Å². The molecular formula is C25H30ClN3O. The number of rotatable bonds is 3. The molecule has 5 rings (SSSR count). The van der Waals surface area contributed by atoms with Crippen molar-refractivity contribution < 1.29 is 4.79 Å². The Hall–Kier alpha value is -2.04. The minimum atomic E-state index is -0.401. The SMILES string of the molecule is O=C1NCN(c2ccccc2)C12CCN([C@@H]1CCCC[C@@H]1c1ccc(Cl)cc1)CC2.